The largest absolute Gasteiger partial charge is 0.443 e. The fraction of sp³-hybridized carbons (Fsp3) is 0.229. The lowest BCUT2D eigenvalue weighted by Crippen LogP contribution is -2.32. The van der Waals surface area contributed by atoms with Crippen molar-refractivity contribution in [2.75, 3.05) is 0 Å². The minimum Gasteiger partial charge on any atom is -0.443 e. The number of H-pyrrole nitrogens is 2. The molecule has 0 aliphatic heterocycles. The number of hydrogen-bond donors (Lipinski definition) is 3. The van der Waals surface area contributed by atoms with Gasteiger partial charge in [0.1, 0.15) is 38.8 Å². The lowest BCUT2D eigenvalue weighted by Gasteiger charge is -2.30. The molecule has 0 amide bonds. The summed E-state index contributed by atoms with van der Waals surface area (Å²) in [6.45, 7) is 15.8. The maximum atomic E-state index is 15.6. The number of fused-ring (bicyclic) bond motifs is 2. The Kier molecular flexibility index (Phi) is 11.7. The summed E-state index contributed by atoms with van der Waals surface area (Å²) in [7, 11) is 0. The van der Waals surface area contributed by atoms with E-state index in [-0.39, 0.29) is 34.0 Å². The molecule has 9 aromatic rings. The molecule has 0 fully saturated rings. The van der Waals surface area contributed by atoms with Crippen LogP contribution in [0.1, 0.15) is 88.1 Å². The number of nitrogens with zero attached hydrogens (tertiary/aromatic N) is 7. The fourth-order valence-electron chi connectivity index (χ4n) is 8.03. The molecule has 1 unspecified atom stereocenters. The number of rotatable bonds is 7. The van der Waals surface area contributed by atoms with E-state index in [2.05, 4.69) is 56.1 Å². The van der Waals surface area contributed by atoms with Crippen molar-refractivity contribution in [1.29, 1.82) is 0 Å². The van der Waals surface area contributed by atoms with Gasteiger partial charge >= 0.3 is 11.8 Å². The van der Waals surface area contributed by atoms with Crippen molar-refractivity contribution < 1.29 is 32.9 Å². The number of carbonyl (C=O) groups is 2. The van der Waals surface area contributed by atoms with Gasteiger partial charge in [0, 0.05) is 34.6 Å². The first-order valence-corrected chi connectivity index (χ1v) is 21.4. The summed E-state index contributed by atoms with van der Waals surface area (Å²) in [5.41, 5.74) is 3.54. The van der Waals surface area contributed by atoms with Crippen molar-refractivity contribution in [3.63, 3.8) is 0 Å². The number of halogens is 2. The third-order valence-corrected chi connectivity index (χ3v) is 11.2. The van der Waals surface area contributed by atoms with Crippen LogP contribution < -0.4 is 5.69 Å². The molecule has 0 aliphatic carbocycles. The van der Waals surface area contributed by atoms with E-state index in [0.29, 0.717) is 77.7 Å². The van der Waals surface area contributed by atoms with Crippen molar-refractivity contribution in [3.8, 4) is 22.3 Å². The summed E-state index contributed by atoms with van der Waals surface area (Å²) in [5, 5.41) is 20.4. The van der Waals surface area contributed by atoms with Crippen molar-refractivity contribution in [1.82, 2.24) is 44.8 Å². The van der Waals surface area contributed by atoms with Crippen LogP contribution >= 0.6 is 15.9 Å². The third-order valence-electron chi connectivity index (χ3n) is 10.8. The van der Waals surface area contributed by atoms with Gasteiger partial charge in [0.15, 0.2) is 11.4 Å². The van der Waals surface area contributed by atoms with E-state index in [1.807, 2.05) is 6.92 Å². The molecule has 336 valence electrons. The second-order valence-electron chi connectivity index (χ2n) is 16.7. The highest BCUT2D eigenvalue weighted by atomic mass is 79.9. The number of benzene rings is 2. The Balaban J connectivity index is 0.000000180. The molecular weight excluding hydrogens is 913 g/mol. The van der Waals surface area contributed by atoms with Crippen LogP contribution in [-0.2, 0) is 10.3 Å². The summed E-state index contributed by atoms with van der Waals surface area (Å²) in [6, 6.07) is 18.5. The van der Waals surface area contributed by atoms with Gasteiger partial charge in [-0.2, -0.15) is 0 Å². The van der Waals surface area contributed by atoms with Gasteiger partial charge in [0.2, 0.25) is 5.78 Å². The second-order valence-corrected chi connectivity index (χ2v) is 17.5. The molecule has 0 aliphatic rings. The van der Waals surface area contributed by atoms with Gasteiger partial charge in [0.05, 0.1) is 44.9 Å². The summed E-state index contributed by atoms with van der Waals surface area (Å²) >= 11 is 3.31. The van der Waals surface area contributed by atoms with Gasteiger partial charge in [-0.15, -0.1) is 0 Å². The highest BCUT2D eigenvalue weighted by Gasteiger charge is 2.41. The summed E-state index contributed by atoms with van der Waals surface area (Å²) < 4.78 is 33.6. The zero-order valence-electron chi connectivity index (χ0n) is 37.3. The highest BCUT2D eigenvalue weighted by molar-refractivity contribution is 9.10. The molecule has 0 spiro atoms. The minimum atomic E-state index is -2.08. The number of pyridine rings is 3. The molecule has 0 radical (unpaired) electrons. The lowest BCUT2D eigenvalue weighted by molar-refractivity contribution is 0.0540. The number of aliphatic hydroxyl groups is 1. The average Bonchev–Trinajstić information content (AvgIpc) is 4.02. The van der Waals surface area contributed by atoms with Crippen molar-refractivity contribution in [3.05, 3.63) is 163 Å². The SMILES string of the molecule is Cc1nc(Br)cc(C(O)(c2ccccn2)c2cc(-c3c(C)noc3C)cc3[nH]c(=O)[nH]c23)c1F.Cc1noc(C)c1-c1cc(C(=O)c2ccccn2)c2nc(C)n(C(=O)OC(C)(C)C)c2c1. The van der Waals surface area contributed by atoms with E-state index >= 15 is 4.39 Å². The van der Waals surface area contributed by atoms with Crippen LogP contribution in [0.25, 0.3) is 44.3 Å². The summed E-state index contributed by atoms with van der Waals surface area (Å²) in [6.07, 6.45) is 2.51. The van der Waals surface area contributed by atoms with Crippen LogP contribution in [0.2, 0.25) is 0 Å². The molecule has 1 atom stereocenters. The number of aromatic nitrogens is 9. The maximum absolute atomic E-state index is 15.6. The molecular formula is C48H43BrFN9O7. The smallest absolute Gasteiger partial charge is 0.420 e. The number of ketones is 1. The van der Waals surface area contributed by atoms with E-state index in [1.165, 1.54) is 23.8 Å². The van der Waals surface area contributed by atoms with Gasteiger partial charge in [-0.05, 0) is 144 Å². The summed E-state index contributed by atoms with van der Waals surface area (Å²) in [5.74, 6) is 0.609. The fourth-order valence-corrected chi connectivity index (χ4v) is 8.52. The Morgan fingerprint density at radius 3 is 2.00 bits per heavy atom. The first kappa shape index (κ1) is 45.1. The lowest BCUT2D eigenvalue weighted by atomic mass is 9.81. The molecule has 7 heterocycles. The van der Waals surface area contributed by atoms with E-state index in [9.17, 15) is 19.5 Å². The number of carbonyl (C=O) groups excluding carboxylic acids is 2. The minimum absolute atomic E-state index is 0.0650. The van der Waals surface area contributed by atoms with Crippen LogP contribution in [0.3, 0.4) is 0 Å². The second kappa shape index (κ2) is 17.2. The van der Waals surface area contributed by atoms with Crippen molar-refractivity contribution in [2.45, 2.75) is 73.5 Å². The molecule has 0 saturated carbocycles. The van der Waals surface area contributed by atoms with Crippen molar-refractivity contribution in [2.24, 2.45) is 0 Å². The zero-order chi connectivity index (χ0) is 47.4. The number of ether oxygens (including phenoxy) is 1. The molecule has 16 nitrogen and oxygen atoms in total. The topological polar surface area (TPSA) is 221 Å². The normalized spacial score (nSPS) is 12.5. The first-order valence-electron chi connectivity index (χ1n) is 20.6. The predicted molar refractivity (Wildman–Crippen MR) is 246 cm³/mol. The number of nitrogens with one attached hydrogen (secondary N) is 2. The highest BCUT2D eigenvalue weighted by Crippen LogP contribution is 2.43. The van der Waals surface area contributed by atoms with Crippen LogP contribution in [0, 0.1) is 47.4 Å². The molecule has 7 aromatic heterocycles. The molecule has 3 N–H and O–H groups in total. The Morgan fingerprint density at radius 2 is 1.42 bits per heavy atom. The van der Waals surface area contributed by atoms with Gasteiger partial charge in [-0.25, -0.2) is 28.5 Å². The van der Waals surface area contributed by atoms with Gasteiger partial charge in [0.25, 0.3) is 0 Å². The van der Waals surface area contributed by atoms with E-state index in [0.717, 1.165) is 5.56 Å². The Bertz CT molecular complexity index is 3370. The number of aromatic amines is 2. The summed E-state index contributed by atoms with van der Waals surface area (Å²) in [4.78, 5) is 61.4. The number of hydrogen-bond acceptors (Lipinski definition) is 13. The Labute approximate surface area is 384 Å². The molecule has 2 aromatic carbocycles. The molecule has 18 heteroatoms. The third kappa shape index (κ3) is 8.24. The average molecular weight is 957 g/mol. The van der Waals surface area contributed by atoms with Crippen LogP contribution in [0.4, 0.5) is 9.18 Å². The van der Waals surface area contributed by atoms with Gasteiger partial charge in [-0.1, -0.05) is 22.4 Å². The van der Waals surface area contributed by atoms with E-state index < -0.39 is 28.8 Å². The number of imidazole rings is 2. The molecule has 0 bridgehead atoms. The standard InChI is InChI=1S/C24H19BrFN5O3.C24H24N4O4/c1-11-20(13(3)34-31-11)14-8-16(22-17(9-14)29-23(32)30-22)24(33,18-6-4-5-7-27-18)15-10-19(25)28-12(2)21(15)26;1-13-20(14(2)32-27-13)16-11-17(22(29)18-9-7-8-10-25-18)21-19(12-16)28(15(3)26-21)23(30)31-24(4,5)6/h4-10,33H,1-3H3,(H2,29,30,32);7-12H,1-6H3. The maximum Gasteiger partial charge on any atom is 0.420 e. The Morgan fingerprint density at radius 1 is 0.788 bits per heavy atom. The Hall–Kier alpha value is -7.44. The zero-order valence-corrected chi connectivity index (χ0v) is 38.9. The molecule has 66 heavy (non-hydrogen) atoms. The molecule has 0 saturated heterocycles. The van der Waals surface area contributed by atoms with Crippen LogP contribution in [0.15, 0.2) is 97.6 Å². The number of aryl methyl sites for hydroxylation is 6. The van der Waals surface area contributed by atoms with E-state index in [4.69, 9.17) is 13.8 Å². The quantitative estimate of drug-likeness (QED) is 0.100. The van der Waals surface area contributed by atoms with Gasteiger partial charge in [-0.3, -0.25) is 14.8 Å². The van der Waals surface area contributed by atoms with Crippen molar-refractivity contribution >= 4 is 49.9 Å². The van der Waals surface area contributed by atoms with E-state index in [1.54, 1.807) is 115 Å². The van der Waals surface area contributed by atoms with Crippen LogP contribution in [-0.4, -0.2) is 67.4 Å². The first-order chi connectivity index (χ1) is 31.3. The predicted octanol–water partition coefficient (Wildman–Crippen LogP) is 9.44. The molecule has 9 rings (SSSR count). The van der Waals surface area contributed by atoms with Crippen LogP contribution in [0.5, 0.6) is 0 Å². The van der Waals surface area contributed by atoms with Gasteiger partial charge < -0.3 is 28.9 Å². The monoisotopic (exact) mass is 955 g/mol.